The van der Waals surface area contributed by atoms with E-state index in [0.717, 1.165) is 12.1 Å². The number of rotatable bonds is 4. The Balaban J connectivity index is 1.45. The quantitative estimate of drug-likeness (QED) is 0.938. The van der Waals surface area contributed by atoms with Gasteiger partial charge < -0.3 is 10.1 Å². The molecule has 1 aromatic heterocycles. The van der Waals surface area contributed by atoms with Gasteiger partial charge in [0.2, 0.25) is 0 Å². The van der Waals surface area contributed by atoms with Crippen molar-refractivity contribution in [1.29, 1.82) is 0 Å². The van der Waals surface area contributed by atoms with E-state index in [1.54, 1.807) is 0 Å². The first-order valence-corrected chi connectivity index (χ1v) is 7.81. The van der Waals surface area contributed by atoms with Crippen molar-refractivity contribution in [2.24, 2.45) is 0 Å². The number of hydrogen-bond acceptors (Lipinski definition) is 3. The molecule has 4 rings (SSSR count). The van der Waals surface area contributed by atoms with Crippen molar-refractivity contribution in [2.45, 2.75) is 50.5 Å². The first kappa shape index (κ1) is 13.0. The van der Waals surface area contributed by atoms with Crippen molar-refractivity contribution in [3.05, 3.63) is 48.3 Å². The second-order valence-electron chi connectivity index (χ2n) is 6.16. The summed E-state index contributed by atoms with van der Waals surface area (Å²) in [4.78, 5) is 0. The Morgan fingerprint density at radius 3 is 2.86 bits per heavy atom. The normalized spacial score (nSPS) is 28.9. The van der Waals surface area contributed by atoms with Gasteiger partial charge in [0.15, 0.2) is 0 Å². The summed E-state index contributed by atoms with van der Waals surface area (Å²) in [5.74, 6) is 0. The Kier molecular flexibility index (Phi) is 3.28. The first-order valence-electron chi connectivity index (χ1n) is 7.81. The van der Waals surface area contributed by atoms with Gasteiger partial charge in [-0.1, -0.05) is 18.2 Å². The lowest BCUT2D eigenvalue weighted by Crippen LogP contribution is -2.38. The van der Waals surface area contributed by atoms with Crippen LogP contribution in [0.15, 0.2) is 42.7 Å². The predicted molar refractivity (Wildman–Crippen MR) is 81.4 cm³/mol. The molecule has 2 aromatic rings. The van der Waals surface area contributed by atoms with Crippen molar-refractivity contribution < 1.29 is 4.74 Å². The molecule has 4 nitrogen and oxygen atoms in total. The van der Waals surface area contributed by atoms with Gasteiger partial charge in [-0.2, -0.15) is 5.10 Å². The zero-order valence-electron chi connectivity index (χ0n) is 12.3. The van der Waals surface area contributed by atoms with Crippen molar-refractivity contribution in [3.63, 3.8) is 0 Å². The number of nitrogens with one attached hydrogen (secondary N) is 1. The topological polar surface area (TPSA) is 39.1 Å². The van der Waals surface area contributed by atoms with Crippen LogP contribution in [0.3, 0.4) is 0 Å². The Bertz CT molecular complexity index is 610. The third kappa shape index (κ3) is 2.49. The number of fused-ring (bicyclic) bond motifs is 2. The van der Waals surface area contributed by atoms with E-state index in [-0.39, 0.29) is 0 Å². The van der Waals surface area contributed by atoms with Crippen LogP contribution in [-0.2, 0) is 4.74 Å². The van der Waals surface area contributed by atoms with Crippen LogP contribution in [0.25, 0.3) is 5.69 Å². The third-order valence-electron chi connectivity index (χ3n) is 4.69. The summed E-state index contributed by atoms with van der Waals surface area (Å²) in [6, 6.07) is 11.0. The summed E-state index contributed by atoms with van der Waals surface area (Å²) < 4.78 is 7.85. The van der Waals surface area contributed by atoms with Crippen LogP contribution in [0, 0.1) is 0 Å². The van der Waals surface area contributed by atoms with Crippen molar-refractivity contribution in [3.8, 4) is 5.69 Å². The SMILES string of the molecule is CC(NC1CC2CCC1O2)c1cnn(-c2ccccc2)c1. The van der Waals surface area contributed by atoms with Crippen LogP contribution >= 0.6 is 0 Å². The highest BCUT2D eigenvalue weighted by Crippen LogP contribution is 2.35. The van der Waals surface area contributed by atoms with Gasteiger partial charge in [-0.05, 0) is 38.3 Å². The van der Waals surface area contributed by atoms with Crippen LogP contribution in [0.5, 0.6) is 0 Å². The van der Waals surface area contributed by atoms with Crippen molar-refractivity contribution in [1.82, 2.24) is 15.1 Å². The van der Waals surface area contributed by atoms with Gasteiger partial charge in [0.25, 0.3) is 0 Å². The summed E-state index contributed by atoms with van der Waals surface area (Å²) in [6.45, 7) is 2.21. The third-order valence-corrected chi connectivity index (χ3v) is 4.69. The van der Waals surface area contributed by atoms with Crippen LogP contribution in [-0.4, -0.2) is 28.0 Å². The molecule has 2 saturated heterocycles. The zero-order valence-corrected chi connectivity index (χ0v) is 12.3. The minimum Gasteiger partial charge on any atom is -0.373 e. The number of ether oxygens (including phenoxy) is 1. The molecule has 2 aliphatic rings. The van der Waals surface area contributed by atoms with E-state index < -0.39 is 0 Å². The second kappa shape index (κ2) is 5.28. The first-order chi connectivity index (χ1) is 10.3. The van der Waals surface area contributed by atoms with Gasteiger partial charge in [0.1, 0.15) is 0 Å². The Labute approximate surface area is 125 Å². The molecule has 2 bridgehead atoms. The molecule has 0 radical (unpaired) electrons. The second-order valence-corrected chi connectivity index (χ2v) is 6.16. The van der Waals surface area contributed by atoms with Gasteiger partial charge in [-0.15, -0.1) is 0 Å². The fourth-order valence-electron chi connectivity index (χ4n) is 3.51. The van der Waals surface area contributed by atoms with Gasteiger partial charge in [0.05, 0.1) is 24.1 Å². The molecule has 2 aliphatic heterocycles. The summed E-state index contributed by atoms with van der Waals surface area (Å²) in [7, 11) is 0. The van der Waals surface area contributed by atoms with Gasteiger partial charge in [-0.3, -0.25) is 0 Å². The Hall–Kier alpha value is -1.65. The minimum atomic E-state index is 0.301. The number of benzene rings is 1. The molecule has 4 unspecified atom stereocenters. The van der Waals surface area contributed by atoms with E-state index in [9.17, 15) is 0 Å². The maximum atomic E-state index is 5.91. The fourth-order valence-corrected chi connectivity index (χ4v) is 3.51. The monoisotopic (exact) mass is 283 g/mol. The maximum Gasteiger partial charge on any atom is 0.0733 e. The van der Waals surface area contributed by atoms with E-state index in [4.69, 9.17) is 4.74 Å². The number of aromatic nitrogens is 2. The van der Waals surface area contributed by atoms with Gasteiger partial charge in [-0.25, -0.2) is 4.68 Å². The Morgan fingerprint density at radius 1 is 1.29 bits per heavy atom. The summed E-state index contributed by atoms with van der Waals surface area (Å²) in [5.41, 5.74) is 2.32. The smallest absolute Gasteiger partial charge is 0.0733 e. The zero-order chi connectivity index (χ0) is 14.2. The largest absolute Gasteiger partial charge is 0.373 e. The minimum absolute atomic E-state index is 0.301. The lowest BCUT2D eigenvalue weighted by Gasteiger charge is -2.23. The molecule has 110 valence electrons. The lowest BCUT2D eigenvalue weighted by molar-refractivity contribution is 0.0962. The van der Waals surface area contributed by atoms with Gasteiger partial charge in [0, 0.05) is 23.8 Å². The molecule has 1 aromatic carbocycles. The number of nitrogens with zero attached hydrogens (tertiary/aromatic N) is 2. The maximum absolute atomic E-state index is 5.91. The highest BCUT2D eigenvalue weighted by molar-refractivity contribution is 5.31. The summed E-state index contributed by atoms with van der Waals surface area (Å²) in [6.07, 6.45) is 8.58. The molecule has 0 aliphatic carbocycles. The number of hydrogen-bond donors (Lipinski definition) is 1. The van der Waals surface area contributed by atoms with Crippen LogP contribution in [0.2, 0.25) is 0 Å². The molecule has 0 amide bonds. The van der Waals surface area contributed by atoms with Crippen LogP contribution < -0.4 is 5.32 Å². The molecule has 21 heavy (non-hydrogen) atoms. The summed E-state index contributed by atoms with van der Waals surface area (Å²) >= 11 is 0. The predicted octanol–water partition coefficient (Wildman–Crippen LogP) is 2.84. The van der Waals surface area contributed by atoms with Crippen molar-refractivity contribution >= 4 is 0 Å². The van der Waals surface area contributed by atoms with E-state index in [0.29, 0.717) is 24.3 Å². The molecule has 4 heteroatoms. The highest BCUT2D eigenvalue weighted by atomic mass is 16.5. The average Bonchev–Trinajstić information content (AvgIpc) is 3.24. The number of para-hydroxylation sites is 1. The molecular formula is C17H21N3O. The molecule has 1 N–H and O–H groups in total. The highest BCUT2D eigenvalue weighted by Gasteiger charge is 2.41. The molecule has 3 heterocycles. The molecule has 2 fully saturated rings. The van der Waals surface area contributed by atoms with E-state index in [2.05, 4.69) is 35.7 Å². The van der Waals surface area contributed by atoms with E-state index >= 15 is 0 Å². The van der Waals surface area contributed by atoms with Crippen molar-refractivity contribution in [2.75, 3.05) is 0 Å². The Morgan fingerprint density at radius 2 is 2.14 bits per heavy atom. The average molecular weight is 283 g/mol. The molecule has 4 atom stereocenters. The standard InChI is InChI=1S/C17H21N3O/c1-12(19-16-9-15-7-8-17(16)21-15)13-10-18-20(11-13)14-5-3-2-4-6-14/h2-6,10-12,15-17,19H,7-9H2,1H3. The van der Waals surface area contributed by atoms with E-state index in [1.807, 2.05) is 29.1 Å². The lowest BCUT2D eigenvalue weighted by atomic mass is 9.94. The molecular weight excluding hydrogens is 262 g/mol. The van der Waals surface area contributed by atoms with Crippen LogP contribution in [0.1, 0.15) is 37.8 Å². The van der Waals surface area contributed by atoms with Crippen LogP contribution in [0.4, 0.5) is 0 Å². The van der Waals surface area contributed by atoms with E-state index in [1.165, 1.54) is 18.4 Å². The molecule has 0 spiro atoms. The summed E-state index contributed by atoms with van der Waals surface area (Å²) in [5, 5.41) is 8.19. The fraction of sp³-hybridized carbons (Fsp3) is 0.471. The van der Waals surface area contributed by atoms with Gasteiger partial charge >= 0.3 is 0 Å². The molecule has 0 saturated carbocycles.